The molecule has 1 aromatic rings. The van der Waals surface area contributed by atoms with Crippen LogP contribution in [0.4, 0.5) is 23.2 Å². The minimum absolute atomic E-state index is 0.568. The Hall–Kier alpha value is -1.88. The Morgan fingerprint density at radius 1 is 1.12 bits per heavy atom. The van der Waals surface area contributed by atoms with Gasteiger partial charge in [-0.15, -0.1) is 0 Å². The SMILES string of the molecule is N#Cc1c(F)c(F)c(NC(N)=S)c(F)c1F. The number of nitriles is 1. The molecule has 0 amide bonds. The first-order chi connectivity index (χ1) is 7.40. The number of hydrogen-bond acceptors (Lipinski definition) is 2. The molecule has 3 nitrogen and oxygen atoms in total. The number of nitrogens with zero attached hydrogens (tertiary/aromatic N) is 1. The van der Waals surface area contributed by atoms with E-state index < -0.39 is 39.6 Å². The van der Waals surface area contributed by atoms with Gasteiger partial charge in [0, 0.05) is 0 Å². The molecule has 8 heteroatoms. The zero-order valence-electron chi connectivity index (χ0n) is 7.44. The van der Waals surface area contributed by atoms with Crippen molar-refractivity contribution >= 4 is 23.0 Å². The predicted molar refractivity (Wildman–Crippen MR) is 51.4 cm³/mol. The number of anilines is 1. The molecular weight excluding hydrogens is 246 g/mol. The van der Waals surface area contributed by atoms with Gasteiger partial charge in [-0.05, 0) is 12.2 Å². The summed E-state index contributed by atoms with van der Waals surface area (Å²) in [7, 11) is 0. The van der Waals surface area contributed by atoms with E-state index in [2.05, 4.69) is 12.2 Å². The molecule has 0 aliphatic rings. The molecule has 16 heavy (non-hydrogen) atoms. The molecule has 0 fully saturated rings. The number of nitrogens with one attached hydrogen (secondary N) is 1. The molecule has 0 saturated heterocycles. The fourth-order valence-corrected chi connectivity index (χ4v) is 1.06. The fraction of sp³-hybridized carbons (Fsp3) is 0. The van der Waals surface area contributed by atoms with Crippen LogP contribution in [0.5, 0.6) is 0 Å². The van der Waals surface area contributed by atoms with E-state index in [4.69, 9.17) is 11.0 Å². The van der Waals surface area contributed by atoms with Crippen LogP contribution in [0.15, 0.2) is 0 Å². The van der Waals surface area contributed by atoms with Crippen molar-refractivity contribution in [2.45, 2.75) is 0 Å². The van der Waals surface area contributed by atoms with Gasteiger partial charge in [-0.3, -0.25) is 0 Å². The van der Waals surface area contributed by atoms with Gasteiger partial charge in [-0.25, -0.2) is 17.6 Å². The largest absolute Gasteiger partial charge is 0.376 e. The van der Waals surface area contributed by atoms with Crippen LogP contribution >= 0.6 is 12.2 Å². The van der Waals surface area contributed by atoms with Gasteiger partial charge in [0.1, 0.15) is 17.3 Å². The second-order valence-corrected chi connectivity index (χ2v) is 3.05. The summed E-state index contributed by atoms with van der Waals surface area (Å²) in [5.74, 6) is -7.13. The Bertz CT molecular complexity index is 480. The molecule has 0 aliphatic heterocycles. The number of hydrogen-bond donors (Lipinski definition) is 2. The molecule has 0 unspecified atom stereocenters. The van der Waals surface area contributed by atoms with Gasteiger partial charge in [-0.2, -0.15) is 5.26 Å². The normalized spacial score (nSPS) is 9.69. The second kappa shape index (κ2) is 4.32. The molecule has 1 aromatic carbocycles. The van der Waals surface area contributed by atoms with E-state index >= 15 is 0 Å². The lowest BCUT2D eigenvalue weighted by atomic mass is 10.1. The number of halogens is 4. The highest BCUT2D eigenvalue weighted by molar-refractivity contribution is 7.80. The number of benzene rings is 1. The Kier molecular flexibility index (Phi) is 3.29. The summed E-state index contributed by atoms with van der Waals surface area (Å²) in [4.78, 5) is 0. The first-order valence-corrected chi connectivity index (χ1v) is 4.13. The van der Waals surface area contributed by atoms with Crippen LogP contribution in [0.1, 0.15) is 5.56 Å². The molecule has 3 N–H and O–H groups in total. The summed E-state index contributed by atoms with van der Waals surface area (Å²) in [5.41, 5.74) is 2.40. The summed E-state index contributed by atoms with van der Waals surface area (Å²) in [5, 5.41) is 9.46. The number of nitrogens with two attached hydrogens (primary N) is 1. The topological polar surface area (TPSA) is 61.8 Å². The van der Waals surface area contributed by atoms with Crippen molar-refractivity contribution in [1.29, 1.82) is 5.26 Å². The first-order valence-electron chi connectivity index (χ1n) is 3.72. The van der Waals surface area contributed by atoms with Gasteiger partial charge in [0.25, 0.3) is 0 Å². The summed E-state index contributed by atoms with van der Waals surface area (Å²) in [6.07, 6.45) is 0. The highest BCUT2D eigenvalue weighted by atomic mass is 32.1. The summed E-state index contributed by atoms with van der Waals surface area (Å²) >= 11 is 4.27. The van der Waals surface area contributed by atoms with Crippen molar-refractivity contribution in [3.8, 4) is 6.07 Å². The fourth-order valence-electron chi connectivity index (χ4n) is 0.963. The minimum atomic E-state index is -1.81. The minimum Gasteiger partial charge on any atom is -0.376 e. The number of thiocarbonyl (C=S) groups is 1. The average Bonchev–Trinajstić information content (AvgIpc) is 2.22. The van der Waals surface area contributed by atoms with Crippen LogP contribution in [0.3, 0.4) is 0 Å². The summed E-state index contributed by atoms with van der Waals surface area (Å²) in [6, 6.07) is 1.00. The van der Waals surface area contributed by atoms with E-state index in [1.165, 1.54) is 0 Å². The van der Waals surface area contributed by atoms with Crippen LogP contribution in [-0.4, -0.2) is 5.11 Å². The van der Waals surface area contributed by atoms with Crippen LogP contribution in [0.2, 0.25) is 0 Å². The third-order valence-corrected chi connectivity index (χ3v) is 1.73. The van der Waals surface area contributed by atoms with Crippen molar-refractivity contribution in [1.82, 2.24) is 0 Å². The standard InChI is InChI=1S/C8H3F4N3S/c9-3-2(1-13)4(10)6(12)7(5(3)11)15-8(14)16/h(H3,14,15,16). The predicted octanol–water partition coefficient (Wildman–Crippen LogP) is 1.77. The van der Waals surface area contributed by atoms with Crippen molar-refractivity contribution in [2.75, 3.05) is 5.32 Å². The van der Waals surface area contributed by atoms with E-state index in [9.17, 15) is 17.6 Å². The molecule has 0 bridgehead atoms. The lowest BCUT2D eigenvalue weighted by molar-refractivity contribution is 0.456. The van der Waals surface area contributed by atoms with Crippen LogP contribution < -0.4 is 11.1 Å². The third kappa shape index (κ3) is 1.90. The van der Waals surface area contributed by atoms with Gasteiger partial charge in [0.15, 0.2) is 28.4 Å². The van der Waals surface area contributed by atoms with E-state index in [0.29, 0.717) is 0 Å². The molecule has 0 saturated carbocycles. The quantitative estimate of drug-likeness (QED) is 0.452. The maximum absolute atomic E-state index is 13.1. The van der Waals surface area contributed by atoms with Crippen LogP contribution in [0, 0.1) is 34.6 Å². The Balaban J connectivity index is 3.55. The van der Waals surface area contributed by atoms with E-state index in [-0.39, 0.29) is 0 Å². The first kappa shape index (κ1) is 12.2. The maximum Gasteiger partial charge on any atom is 0.186 e. The smallest absolute Gasteiger partial charge is 0.186 e. The molecule has 0 aromatic heterocycles. The highest BCUT2D eigenvalue weighted by Gasteiger charge is 2.25. The van der Waals surface area contributed by atoms with Crippen LogP contribution in [0.25, 0.3) is 0 Å². The number of rotatable bonds is 1. The molecule has 84 valence electrons. The van der Waals surface area contributed by atoms with Crippen molar-refractivity contribution in [3.05, 3.63) is 28.8 Å². The Morgan fingerprint density at radius 3 is 1.88 bits per heavy atom. The van der Waals surface area contributed by atoms with Gasteiger partial charge in [0.2, 0.25) is 0 Å². The van der Waals surface area contributed by atoms with Gasteiger partial charge in [0.05, 0.1) is 0 Å². The second-order valence-electron chi connectivity index (χ2n) is 2.61. The molecule has 0 radical (unpaired) electrons. The average molecular weight is 249 g/mol. The van der Waals surface area contributed by atoms with Gasteiger partial charge >= 0.3 is 0 Å². The lowest BCUT2D eigenvalue weighted by Crippen LogP contribution is -2.22. The van der Waals surface area contributed by atoms with E-state index in [1.54, 1.807) is 5.32 Å². The zero-order chi connectivity index (χ0) is 12.5. The van der Waals surface area contributed by atoms with E-state index in [1.807, 2.05) is 0 Å². The van der Waals surface area contributed by atoms with E-state index in [0.717, 1.165) is 6.07 Å². The van der Waals surface area contributed by atoms with Crippen molar-refractivity contribution in [2.24, 2.45) is 5.73 Å². The molecule has 0 spiro atoms. The summed E-state index contributed by atoms with van der Waals surface area (Å²) < 4.78 is 52.3. The van der Waals surface area contributed by atoms with Gasteiger partial charge < -0.3 is 11.1 Å². The monoisotopic (exact) mass is 249 g/mol. The van der Waals surface area contributed by atoms with Gasteiger partial charge in [-0.1, -0.05) is 0 Å². The van der Waals surface area contributed by atoms with Crippen molar-refractivity contribution in [3.63, 3.8) is 0 Å². The Labute approximate surface area is 92.5 Å². The highest BCUT2D eigenvalue weighted by Crippen LogP contribution is 2.27. The third-order valence-electron chi connectivity index (χ3n) is 1.62. The lowest BCUT2D eigenvalue weighted by Gasteiger charge is -2.09. The van der Waals surface area contributed by atoms with Crippen molar-refractivity contribution < 1.29 is 17.6 Å². The molecule has 0 atom stereocenters. The Morgan fingerprint density at radius 2 is 1.56 bits per heavy atom. The molecule has 0 aliphatic carbocycles. The summed E-state index contributed by atoms with van der Waals surface area (Å²) in [6.45, 7) is 0. The molecule has 1 rings (SSSR count). The molecular formula is C8H3F4N3S. The zero-order valence-corrected chi connectivity index (χ0v) is 8.26. The maximum atomic E-state index is 13.1. The molecule has 0 heterocycles. The van der Waals surface area contributed by atoms with Crippen LogP contribution in [-0.2, 0) is 0 Å².